The number of carbonyl (C=O) groups excluding carboxylic acids is 1. The van der Waals surface area contributed by atoms with Gasteiger partial charge < -0.3 is 20.0 Å². The number of carboxylic acid groups (broad SMARTS) is 1. The highest BCUT2D eigenvalue weighted by Gasteiger charge is 2.45. The molecule has 0 aliphatic carbocycles. The first kappa shape index (κ1) is 16.6. The molecule has 1 atom stereocenters. The first-order valence-corrected chi connectivity index (χ1v) is 6.52. The van der Waals surface area contributed by atoms with Crippen molar-refractivity contribution in [1.29, 1.82) is 0 Å². The lowest BCUT2D eigenvalue weighted by atomic mass is 9.84. The van der Waals surface area contributed by atoms with Crippen molar-refractivity contribution in [2.45, 2.75) is 26.2 Å². The molecule has 0 bridgehead atoms. The fourth-order valence-corrected chi connectivity index (χ4v) is 2.40. The Morgan fingerprint density at radius 1 is 1.45 bits per heavy atom. The highest BCUT2D eigenvalue weighted by Crippen LogP contribution is 2.34. The van der Waals surface area contributed by atoms with Crippen molar-refractivity contribution in [2.24, 2.45) is 5.41 Å². The molecule has 1 saturated heterocycles. The van der Waals surface area contributed by atoms with Gasteiger partial charge in [0.05, 0.1) is 18.6 Å². The summed E-state index contributed by atoms with van der Waals surface area (Å²) in [7, 11) is 0. The van der Waals surface area contributed by atoms with E-state index in [-0.39, 0.29) is 19.6 Å². The molecular formula is C12H20F2N2O4. The van der Waals surface area contributed by atoms with Crippen LogP contribution in [0.3, 0.4) is 0 Å². The maximum atomic E-state index is 12.4. The molecule has 20 heavy (non-hydrogen) atoms. The Bertz CT molecular complexity index is 367. The number of likely N-dealkylation sites (tertiary alicyclic amines) is 1. The number of rotatable bonds is 6. The van der Waals surface area contributed by atoms with Crippen molar-refractivity contribution in [3.05, 3.63) is 0 Å². The molecule has 1 rings (SSSR count). The van der Waals surface area contributed by atoms with Gasteiger partial charge in [0.2, 0.25) is 0 Å². The number of aliphatic hydroxyl groups is 1. The SMILES string of the molecule is CCC1(C(=O)O)CCN(C(=O)N(CCO)CC(F)F)C1. The first-order chi connectivity index (χ1) is 9.36. The van der Waals surface area contributed by atoms with E-state index in [1.165, 1.54) is 4.90 Å². The fraction of sp³-hybridized carbons (Fsp3) is 0.833. The van der Waals surface area contributed by atoms with Gasteiger partial charge in [-0.15, -0.1) is 0 Å². The van der Waals surface area contributed by atoms with Crippen LogP contribution in [0.25, 0.3) is 0 Å². The molecule has 1 aliphatic heterocycles. The van der Waals surface area contributed by atoms with E-state index in [0.29, 0.717) is 12.8 Å². The summed E-state index contributed by atoms with van der Waals surface area (Å²) < 4.78 is 24.8. The first-order valence-electron chi connectivity index (χ1n) is 6.52. The molecule has 8 heteroatoms. The molecule has 6 nitrogen and oxygen atoms in total. The molecule has 0 spiro atoms. The van der Waals surface area contributed by atoms with Crippen LogP contribution in [0.2, 0.25) is 0 Å². The van der Waals surface area contributed by atoms with Crippen molar-refractivity contribution >= 4 is 12.0 Å². The number of carbonyl (C=O) groups is 2. The summed E-state index contributed by atoms with van der Waals surface area (Å²) in [6, 6.07) is -0.643. The number of aliphatic carboxylic acids is 1. The van der Waals surface area contributed by atoms with E-state index in [1.807, 2.05) is 0 Å². The van der Waals surface area contributed by atoms with Crippen molar-refractivity contribution < 1.29 is 28.6 Å². The van der Waals surface area contributed by atoms with Gasteiger partial charge in [-0.3, -0.25) is 4.79 Å². The van der Waals surface area contributed by atoms with Crippen molar-refractivity contribution in [3.8, 4) is 0 Å². The maximum Gasteiger partial charge on any atom is 0.320 e. The van der Waals surface area contributed by atoms with E-state index in [0.717, 1.165) is 4.90 Å². The van der Waals surface area contributed by atoms with Gasteiger partial charge in [-0.25, -0.2) is 13.6 Å². The van der Waals surface area contributed by atoms with Crippen molar-refractivity contribution in [3.63, 3.8) is 0 Å². The second-order valence-electron chi connectivity index (χ2n) is 4.95. The average Bonchev–Trinajstić information content (AvgIpc) is 2.82. The lowest BCUT2D eigenvalue weighted by molar-refractivity contribution is -0.148. The van der Waals surface area contributed by atoms with Gasteiger partial charge in [-0.2, -0.15) is 0 Å². The number of aliphatic hydroxyl groups excluding tert-OH is 1. The molecule has 0 aromatic carbocycles. The number of nitrogens with zero attached hydrogens (tertiary/aromatic N) is 2. The van der Waals surface area contributed by atoms with Crippen LogP contribution in [0.4, 0.5) is 13.6 Å². The lowest BCUT2D eigenvalue weighted by Crippen LogP contribution is -2.46. The topological polar surface area (TPSA) is 81.1 Å². The number of hydrogen-bond donors (Lipinski definition) is 2. The Hall–Kier alpha value is -1.44. The van der Waals surface area contributed by atoms with Crippen LogP contribution in [0.1, 0.15) is 19.8 Å². The van der Waals surface area contributed by atoms with Crippen LogP contribution < -0.4 is 0 Å². The van der Waals surface area contributed by atoms with E-state index in [1.54, 1.807) is 6.92 Å². The van der Waals surface area contributed by atoms with Gasteiger partial charge in [0.25, 0.3) is 6.43 Å². The number of halogens is 2. The molecule has 0 radical (unpaired) electrons. The van der Waals surface area contributed by atoms with Gasteiger partial charge in [-0.1, -0.05) is 6.92 Å². The molecule has 0 saturated carbocycles. The minimum atomic E-state index is -2.69. The zero-order valence-corrected chi connectivity index (χ0v) is 11.4. The minimum absolute atomic E-state index is 0.0167. The fourth-order valence-electron chi connectivity index (χ4n) is 2.40. The normalized spacial score (nSPS) is 22.4. The van der Waals surface area contributed by atoms with E-state index >= 15 is 0 Å². The number of urea groups is 1. The Kier molecular flexibility index (Phi) is 5.67. The molecule has 1 fully saturated rings. The smallest absolute Gasteiger partial charge is 0.320 e. The predicted octanol–water partition coefficient (Wildman–Crippen LogP) is 0.853. The van der Waals surface area contributed by atoms with E-state index in [2.05, 4.69) is 0 Å². The van der Waals surface area contributed by atoms with Gasteiger partial charge >= 0.3 is 12.0 Å². The minimum Gasteiger partial charge on any atom is -0.481 e. The lowest BCUT2D eigenvalue weighted by Gasteiger charge is -2.28. The van der Waals surface area contributed by atoms with Crippen LogP contribution in [-0.4, -0.2) is 71.2 Å². The Morgan fingerprint density at radius 2 is 2.10 bits per heavy atom. The second kappa shape index (κ2) is 6.83. The summed E-state index contributed by atoms with van der Waals surface area (Å²) in [6.45, 7) is 0.609. The molecule has 116 valence electrons. The summed E-state index contributed by atoms with van der Waals surface area (Å²) in [4.78, 5) is 25.5. The van der Waals surface area contributed by atoms with Crippen LogP contribution in [0, 0.1) is 5.41 Å². The van der Waals surface area contributed by atoms with Gasteiger partial charge in [0, 0.05) is 19.6 Å². The quantitative estimate of drug-likeness (QED) is 0.761. The van der Waals surface area contributed by atoms with Gasteiger partial charge in [0.1, 0.15) is 0 Å². The standard InChI is InChI=1S/C12H20F2N2O4/c1-2-12(10(18)19)3-4-16(8-12)11(20)15(5-6-17)7-9(13)14/h9,17H,2-8H2,1H3,(H,18,19). The molecule has 1 heterocycles. The van der Waals surface area contributed by atoms with Crippen molar-refractivity contribution in [2.75, 3.05) is 32.8 Å². The molecule has 1 aliphatic rings. The summed E-state index contributed by atoms with van der Waals surface area (Å²) in [5, 5.41) is 18.1. The molecule has 0 aromatic heterocycles. The van der Waals surface area contributed by atoms with Gasteiger partial charge in [0.15, 0.2) is 0 Å². The monoisotopic (exact) mass is 294 g/mol. The number of carboxylic acids is 1. The van der Waals surface area contributed by atoms with E-state index in [9.17, 15) is 23.5 Å². The summed E-state index contributed by atoms with van der Waals surface area (Å²) >= 11 is 0. The summed E-state index contributed by atoms with van der Waals surface area (Å²) in [5.74, 6) is -0.974. The molecule has 1 unspecified atom stereocenters. The Morgan fingerprint density at radius 3 is 2.50 bits per heavy atom. The zero-order chi connectivity index (χ0) is 15.3. The summed E-state index contributed by atoms with van der Waals surface area (Å²) in [5.41, 5.74) is -0.995. The van der Waals surface area contributed by atoms with E-state index in [4.69, 9.17) is 5.11 Å². The predicted molar refractivity (Wildman–Crippen MR) is 66.6 cm³/mol. The second-order valence-corrected chi connectivity index (χ2v) is 4.95. The summed E-state index contributed by atoms with van der Waals surface area (Å²) in [6.07, 6.45) is -2.00. The molecular weight excluding hydrogens is 274 g/mol. The van der Waals surface area contributed by atoms with Crippen LogP contribution in [0.5, 0.6) is 0 Å². The highest BCUT2D eigenvalue weighted by molar-refractivity contribution is 5.79. The molecule has 2 N–H and O–H groups in total. The van der Waals surface area contributed by atoms with Crippen molar-refractivity contribution in [1.82, 2.24) is 9.80 Å². The van der Waals surface area contributed by atoms with Crippen LogP contribution in [0.15, 0.2) is 0 Å². The maximum absolute atomic E-state index is 12.4. The third-order valence-electron chi connectivity index (χ3n) is 3.75. The Balaban J connectivity index is 2.74. The molecule has 0 aromatic rings. The number of hydrogen-bond acceptors (Lipinski definition) is 3. The Labute approximate surface area is 116 Å². The average molecular weight is 294 g/mol. The number of amides is 2. The number of alkyl halides is 2. The largest absolute Gasteiger partial charge is 0.481 e. The van der Waals surface area contributed by atoms with Crippen LogP contribution in [-0.2, 0) is 4.79 Å². The van der Waals surface area contributed by atoms with E-state index < -0.39 is 37.0 Å². The zero-order valence-electron chi connectivity index (χ0n) is 11.4. The third kappa shape index (κ3) is 3.56. The highest BCUT2D eigenvalue weighted by atomic mass is 19.3. The third-order valence-corrected chi connectivity index (χ3v) is 3.75. The van der Waals surface area contributed by atoms with Crippen LogP contribution >= 0.6 is 0 Å². The molecule has 2 amide bonds. The van der Waals surface area contributed by atoms with Gasteiger partial charge in [-0.05, 0) is 12.8 Å².